The minimum Gasteiger partial charge on any atom is -0.343 e. The first-order chi connectivity index (χ1) is 4.61. The van der Waals surface area contributed by atoms with E-state index >= 15 is 0 Å². The largest absolute Gasteiger partial charge is 0.343 e. The topological polar surface area (TPSA) is 58.2 Å². The predicted molar refractivity (Wildman–Crippen MR) is 39.2 cm³/mol. The van der Waals surface area contributed by atoms with Crippen molar-refractivity contribution in [3.05, 3.63) is 0 Å². The fourth-order valence-corrected chi connectivity index (χ4v) is 0.973. The molecule has 0 aromatic carbocycles. The van der Waals surface area contributed by atoms with Gasteiger partial charge in [0.2, 0.25) is 11.8 Å². The van der Waals surface area contributed by atoms with Crippen molar-refractivity contribution in [3.8, 4) is 0 Å². The molecule has 1 aliphatic heterocycles. The summed E-state index contributed by atoms with van der Waals surface area (Å²) in [7, 11) is 2.24. The minimum atomic E-state index is -0.469. The van der Waals surface area contributed by atoms with Crippen LogP contribution in [0.15, 0.2) is 0 Å². The van der Waals surface area contributed by atoms with Crippen molar-refractivity contribution in [1.82, 2.24) is 10.6 Å². The molecule has 3 atom stereocenters. The Balaban J connectivity index is 2.63. The summed E-state index contributed by atoms with van der Waals surface area (Å²) < 4.78 is 0. The van der Waals surface area contributed by atoms with Crippen LogP contribution in [0.3, 0.4) is 0 Å². The van der Waals surface area contributed by atoms with E-state index in [-0.39, 0.29) is 11.8 Å². The average Bonchev–Trinajstić information content (AvgIpc) is 1.84. The van der Waals surface area contributed by atoms with Crippen LogP contribution in [0.4, 0.5) is 0 Å². The van der Waals surface area contributed by atoms with Crippen molar-refractivity contribution in [3.63, 3.8) is 0 Å². The van der Waals surface area contributed by atoms with E-state index in [2.05, 4.69) is 19.9 Å². The number of amides is 2. The molecule has 3 unspecified atom stereocenters. The SMILES string of the molecule is CC1NC(=O)C(P)NC1=O. The zero-order valence-corrected chi connectivity index (χ0v) is 6.70. The third-order valence-corrected chi connectivity index (χ3v) is 1.80. The molecule has 0 aromatic heterocycles. The van der Waals surface area contributed by atoms with Gasteiger partial charge in [0.15, 0.2) is 0 Å². The van der Waals surface area contributed by atoms with Crippen LogP contribution in [0.25, 0.3) is 0 Å². The summed E-state index contributed by atoms with van der Waals surface area (Å²) in [6, 6.07) is -0.399. The summed E-state index contributed by atoms with van der Waals surface area (Å²) in [5.41, 5.74) is 0. The van der Waals surface area contributed by atoms with Gasteiger partial charge in [-0.05, 0) is 6.92 Å². The van der Waals surface area contributed by atoms with Crippen LogP contribution in [0.2, 0.25) is 0 Å². The molecule has 0 radical (unpaired) electrons. The van der Waals surface area contributed by atoms with E-state index in [1.807, 2.05) is 0 Å². The lowest BCUT2D eigenvalue weighted by molar-refractivity contribution is -0.134. The maximum Gasteiger partial charge on any atom is 0.247 e. The van der Waals surface area contributed by atoms with Crippen LogP contribution >= 0.6 is 9.24 Å². The van der Waals surface area contributed by atoms with Gasteiger partial charge in [-0.1, -0.05) is 0 Å². The Morgan fingerprint density at radius 2 is 1.90 bits per heavy atom. The van der Waals surface area contributed by atoms with Crippen molar-refractivity contribution < 1.29 is 9.59 Å². The van der Waals surface area contributed by atoms with Gasteiger partial charge in [0.1, 0.15) is 11.8 Å². The third-order valence-electron chi connectivity index (χ3n) is 1.33. The van der Waals surface area contributed by atoms with Crippen LogP contribution < -0.4 is 10.6 Å². The van der Waals surface area contributed by atoms with E-state index in [9.17, 15) is 9.59 Å². The number of rotatable bonds is 0. The van der Waals surface area contributed by atoms with Gasteiger partial charge in [-0.3, -0.25) is 9.59 Å². The Hall–Kier alpha value is -0.630. The van der Waals surface area contributed by atoms with Crippen LogP contribution in [0, 0.1) is 0 Å². The van der Waals surface area contributed by atoms with E-state index in [1.165, 1.54) is 0 Å². The monoisotopic (exact) mass is 160 g/mol. The quantitative estimate of drug-likeness (QED) is 0.438. The molecule has 0 saturated carbocycles. The summed E-state index contributed by atoms with van der Waals surface area (Å²) in [5, 5.41) is 5.00. The summed E-state index contributed by atoms with van der Waals surface area (Å²) in [6.07, 6.45) is 0. The Morgan fingerprint density at radius 3 is 2.40 bits per heavy atom. The van der Waals surface area contributed by atoms with Crippen molar-refractivity contribution in [2.75, 3.05) is 0 Å². The normalized spacial score (nSPS) is 33.0. The molecule has 10 heavy (non-hydrogen) atoms. The zero-order valence-electron chi connectivity index (χ0n) is 5.55. The molecule has 2 amide bonds. The van der Waals surface area contributed by atoms with Crippen LogP contribution in [0.1, 0.15) is 6.92 Å². The fraction of sp³-hybridized carbons (Fsp3) is 0.600. The summed E-state index contributed by atoms with van der Waals surface area (Å²) in [6.45, 7) is 1.64. The van der Waals surface area contributed by atoms with Crippen molar-refractivity contribution >= 4 is 21.1 Å². The molecule has 56 valence electrons. The molecule has 2 N–H and O–H groups in total. The van der Waals surface area contributed by atoms with Crippen molar-refractivity contribution in [1.29, 1.82) is 0 Å². The van der Waals surface area contributed by atoms with Crippen LogP contribution in [-0.2, 0) is 9.59 Å². The number of carbonyl (C=O) groups is 2. The molecule has 0 bridgehead atoms. The molecule has 5 heteroatoms. The van der Waals surface area contributed by atoms with Gasteiger partial charge in [-0.25, -0.2) is 0 Å². The van der Waals surface area contributed by atoms with Gasteiger partial charge < -0.3 is 10.6 Å². The summed E-state index contributed by atoms with van der Waals surface area (Å²) >= 11 is 0. The van der Waals surface area contributed by atoms with Crippen molar-refractivity contribution in [2.45, 2.75) is 18.7 Å². The lowest BCUT2D eigenvalue weighted by atomic mass is 10.2. The highest BCUT2D eigenvalue weighted by Gasteiger charge is 2.27. The average molecular weight is 160 g/mol. The standard InChI is InChI=1S/C5H9N2O2P/c1-2-3(8)7-5(10)4(9)6-2/h2,5H,10H2,1H3,(H,6,9)(H,7,8). The molecule has 1 fully saturated rings. The molecule has 1 saturated heterocycles. The smallest absolute Gasteiger partial charge is 0.247 e. The second kappa shape index (κ2) is 2.54. The zero-order chi connectivity index (χ0) is 7.72. The number of hydrogen-bond donors (Lipinski definition) is 2. The number of piperazine rings is 1. The Bertz CT molecular complexity index is 162. The minimum absolute atomic E-state index is 0.139. The summed E-state index contributed by atoms with van der Waals surface area (Å²) in [4.78, 5) is 21.6. The number of nitrogens with one attached hydrogen (secondary N) is 2. The van der Waals surface area contributed by atoms with Crippen molar-refractivity contribution in [2.24, 2.45) is 0 Å². The molecule has 0 aromatic rings. The molecule has 0 spiro atoms. The Kier molecular flexibility index (Phi) is 1.90. The lowest BCUT2D eigenvalue weighted by Crippen LogP contribution is -2.58. The van der Waals surface area contributed by atoms with Gasteiger partial charge in [0.25, 0.3) is 0 Å². The fourth-order valence-electron chi connectivity index (χ4n) is 0.713. The van der Waals surface area contributed by atoms with Crippen LogP contribution in [-0.4, -0.2) is 23.6 Å². The van der Waals surface area contributed by atoms with Gasteiger partial charge in [0, 0.05) is 0 Å². The second-order valence-corrected chi connectivity index (χ2v) is 2.88. The lowest BCUT2D eigenvalue weighted by Gasteiger charge is -2.24. The maximum atomic E-state index is 10.8. The van der Waals surface area contributed by atoms with E-state index in [1.54, 1.807) is 6.92 Å². The maximum absolute atomic E-state index is 10.8. The highest BCUT2D eigenvalue weighted by molar-refractivity contribution is 7.19. The van der Waals surface area contributed by atoms with E-state index in [0.29, 0.717) is 0 Å². The predicted octanol–water partition coefficient (Wildman–Crippen LogP) is -1.18. The molecular formula is C5H9N2O2P. The van der Waals surface area contributed by atoms with Gasteiger partial charge >= 0.3 is 0 Å². The van der Waals surface area contributed by atoms with E-state index in [0.717, 1.165) is 0 Å². The molecule has 0 aliphatic carbocycles. The van der Waals surface area contributed by atoms with Gasteiger partial charge in [-0.15, -0.1) is 9.24 Å². The Morgan fingerprint density at radius 1 is 1.30 bits per heavy atom. The highest BCUT2D eigenvalue weighted by atomic mass is 31.0. The molecule has 1 aliphatic rings. The highest BCUT2D eigenvalue weighted by Crippen LogP contribution is 2.01. The first-order valence-corrected chi connectivity index (χ1v) is 3.64. The first-order valence-electron chi connectivity index (χ1n) is 2.97. The molecule has 1 heterocycles. The Labute approximate surface area is 60.9 Å². The molecular weight excluding hydrogens is 151 g/mol. The number of carbonyl (C=O) groups excluding carboxylic acids is 2. The molecule has 1 rings (SSSR count). The van der Waals surface area contributed by atoms with Crippen LogP contribution in [0.5, 0.6) is 0 Å². The molecule has 4 nitrogen and oxygen atoms in total. The van der Waals surface area contributed by atoms with Gasteiger partial charge in [0.05, 0.1) is 0 Å². The van der Waals surface area contributed by atoms with Gasteiger partial charge in [-0.2, -0.15) is 0 Å². The first kappa shape index (κ1) is 7.48. The van der Waals surface area contributed by atoms with E-state index in [4.69, 9.17) is 0 Å². The van der Waals surface area contributed by atoms with E-state index < -0.39 is 11.8 Å². The number of hydrogen-bond acceptors (Lipinski definition) is 2. The second-order valence-electron chi connectivity index (χ2n) is 2.22. The third kappa shape index (κ3) is 1.27. The summed E-state index contributed by atoms with van der Waals surface area (Å²) in [5.74, 6) is -0.764.